The Morgan fingerprint density at radius 2 is 2.03 bits per heavy atom. The van der Waals surface area contributed by atoms with Gasteiger partial charge in [0.05, 0.1) is 6.61 Å². The van der Waals surface area contributed by atoms with Gasteiger partial charge in [0.15, 0.2) is 16.7 Å². The van der Waals surface area contributed by atoms with Gasteiger partial charge in [0.25, 0.3) is 5.91 Å². The molecule has 0 radical (unpaired) electrons. The van der Waals surface area contributed by atoms with E-state index in [1.165, 1.54) is 35.8 Å². The summed E-state index contributed by atoms with van der Waals surface area (Å²) >= 11 is 1.34. The molecule has 0 bridgehead atoms. The second-order valence-electron chi connectivity index (χ2n) is 7.24. The van der Waals surface area contributed by atoms with E-state index in [4.69, 9.17) is 4.74 Å². The first kappa shape index (κ1) is 18.3. The van der Waals surface area contributed by atoms with Gasteiger partial charge in [-0.25, -0.2) is 9.37 Å². The zero-order valence-electron chi connectivity index (χ0n) is 15.8. The molecule has 29 heavy (non-hydrogen) atoms. The zero-order chi connectivity index (χ0) is 20.0. The summed E-state index contributed by atoms with van der Waals surface area (Å²) in [5, 5.41) is 9.46. The van der Waals surface area contributed by atoms with E-state index in [2.05, 4.69) is 19.6 Å². The van der Waals surface area contributed by atoms with Crippen LogP contribution in [0.1, 0.15) is 46.8 Å². The number of methoxy groups -OCH3 is 1. The molecule has 1 aliphatic heterocycles. The number of rotatable bonds is 5. The lowest BCUT2D eigenvalue weighted by Crippen LogP contribution is -2.44. The van der Waals surface area contributed by atoms with Crippen molar-refractivity contribution in [1.82, 2.24) is 29.0 Å². The van der Waals surface area contributed by atoms with Crippen LogP contribution in [0.2, 0.25) is 0 Å². The molecule has 1 fully saturated rings. The highest BCUT2D eigenvalue weighted by Gasteiger charge is 2.36. The molecule has 150 valence electrons. The van der Waals surface area contributed by atoms with Crippen LogP contribution in [-0.4, -0.2) is 55.2 Å². The molecule has 3 heterocycles. The van der Waals surface area contributed by atoms with E-state index in [0.717, 1.165) is 23.7 Å². The van der Waals surface area contributed by atoms with Gasteiger partial charge in [-0.1, -0.05) is 0 Å². The molecule has 5 rings (SSSR count). The van der Waals surface area contributed by atoms with Crippen LogP contribution in [0.3, 0.4) is 0 Å². The Kier molecular flexibility index (Phi) is 4.59. The van der Waals surface area contributed by atoms with Crippen LogP contribution in [0, 0.1) is 5.82 Å². The SMILES string of the molecule is COC[C@@H]1c2nnc(-c3nc(C4CC4)ns3)n2CCN1C(=O)c1ccc(F)cc1. The molecule has 1 saturated carbocycles. The van der Waals surface area contributed by atoms with Gasteiger partial charge in [-0.15, -0.1) is 10.2 Å². The third-order valence-electron chi connectivity index (χ3n) is 5.27. The topological polar surface area (TPSA) is 86.0 Å². The van der Waals surface area contributed by atoms with Gasteiger partial charge >= 0.3 is 0 Å². The summed E-state index contributed by atoms with van der Waals surface area (Å²) in [5.74, 6) is 2.15. The molecule has 0 N–H and O–H groups in total. The van der Waals surface area contributed by atoms with E-state index in [1.807, 2.05) is 4.57 Å². The minimum Gasteiger partial charge on any atom is -0.382 e. The largest absolute Gasteiger partial charge is 0.382 e. The zero-order valence-corrected chi connectivity index (χ0v) is 16.6. The number of fused-ring (bicyclic) bond motifs is 1. The molecule has 10 heteroatoms. The van der Waals surface area contributed by atoms with Gasteiger partial charge in [0.2, 0.25) is 0 Å². The molecule has 0 unspecified atom stereocenters. The first-order valence-corrected chi connectivity index (χ1v) is 10.3. The maximum atomic E-state index is 13.2. The summed E-state index contributed by atoms with van der Waals surface area (Å²) in [6.07, 6.45) is 2.29. The second kappa shape index (κ2) is 7.27. The van der Waals surface area contributed by atoms with Gasteiger partial charge in [-0.3, -0.25) is 4.79 Å². The van der Waals surface area contributed by atoms with Gasteiger partial charge in [0, 0.05) is 31.7 Å². The number of hydrogen-bond acceptors (Lipinski definition) is 7. The quantitative estimate of drug-likeness (QED) is 0.638. The molecule has 1 aromatic carbocycles. The van der Waals surface area contributed by atoms with Crippen molar-refractivity contribution in [2.45, 2.75) is 31.3 Å². The number of hydrogen-bond donors (Lipinski definition) is 0. The van der Waals surface area contributed by atoms with Crippen LogP contribution >= 0.6 is 11.5 Å². The number of ether oxygens (including phenoxy) is 1. The van der Waals surface area contributed by atoms with Crippen molar-refractivity contribution >= 4 is 17.4 Å². The van der Waals surface area contributed by atoms with Crippen molar-refractivity contribution in [2.75, 3.05) is 20.3 Å². The number of aromatic nitrogens is 5. The Balaban J connectivity index is 1.46. The minimum absolute atomic E-state index is 0.185. The van der Waals surface area contributed by atoms with Gasteiger partial charge < -0.3 is 14.2 Å². The van der Waals surface area contributed by atoms with E-state index in [0.29, 0.717) is 36.2 Å². The van der Waals surface area contributed by atoms with Crippen LogP contribution in [0.4, 0.5) is 4.39 Å². The lowest BCUT2D eigenvalue weighted by molar-refractivity contribution is 0.0432. The summed E-state index contributed by atoms with van der Waals surface area (Å²) in [4.78, 5) is 19.4. The smallest absolute Gasteiger partial charge is 0.254 e. The van der Waals surface area contributed by atoms with Crippen molar-refractivity contribution in [3.8, 4) is 10.8 Å². The summed E-state index contributed by atoms with van der Waals surface area (Å²) in [6, 6.07) is 5.18. The highest BCUT2D eigenvalue weighted by atomic mass is 32.1. The summed E-state index contributed by atoms with van der Waals surface area (Å²) in [7, 11) is 1.59. The number of carbonyl (C=O) groups is 1. The molecule has 0 spiro atoms. The van der Waals surface area contributed by atoms with Crippen molar-refractivity contribution in [2.24, 2.45) is 0 Å². The fourth-order valence-corrected chi connectivity index (χ4v) is 4.34. The Bertz CT molecular complexity index is 1050. The number of carbonyl (C=O) groups excluding carboxylic acids is 1. The van der Waals surface area contributed by atoms with Crippen LogP contribution < -0.4 is 0 Å². The van der Waals surface area contributed by atoms with Crippen molar-refractivity contribution in [3.05, 3.63) is 47.3 Å². The number of benzene rings is 1. The fourth-order valence-electron chi connectivity index (χ4n) is 3.60. The number of amides is 1. The van der Waals surface area contributed by atoms with Gasteiger partial charge in [-0.2, -0.15) is 4.37 Å². The molecule has 1 aliphatic carbocycles. The van der Waals surface area contributed by atoms with Crippen LogP contribution in [-0.2, 0) is 11.3 Å². The van der Waals surface area contributed by atoms with Crippen molar-refractivity contribution in [1.29, 1.82) is 0 Å². The van der Waals surface area contributed by atoms with E-state index < -0.39 is 0 Å². The monoisotopic (exact) mass is 414 g/mol. The lowest BCUT2D eigenvalue weighted by atomic mass is 10.1. The van der Waals surface area contributed by atoms with Crippen molar-refractivity contribution < 1.29 is 13.9 Å². The highest BCUT2D eigenvalue weighted by molar-refractivity contribution is 7.09. The first-order chi connectivity index (χ1) is 14.2. The normalized spacial score (nSPS) is 18.7. The summed E-state index contributed by atoms with van der Waals surface area (Å²) < 4.78 is 25.1. The molecular formula is C19H19FN6O2S. The summed E-state index contributed by atoms with van der Waals surface area (Å²) in [6.45, 7) is 1.30. The predicted octanol–water partition coefficient (Wildman–Crippen LogP) is 2.66. The summed E-state index contributed by atoms with van der Waals surface area (Å²) in [5.41, 5.74) is 0.430. The van der Waals surface area contributed by atoms with E-state index in [1.54, 1.807) is 12.0 Å². The average Bonchev–Trinajstić information content (AvgIpc) is 3.30. The molecule has 1 amide bonds. The number of halogens is 1. The average molecular weight is 414 g/mol. The van der Waals surface area contributed by atoms with Crippen LogP contribution in [0.5, 0.6) is 0 Å². The third kappa shape index (κ3) is 3.32. The molecule has 2 aliphatic rings. The molecule has 8 nitrogen and oxygen atoms in total. The van der Waals surface area contributed by atoms with Crippen molar-refractivity contribution in [3.63, 3.8) is 0 Å². The lowest BCUT2D eigenvalue weighted by Gasteiger charge is -2.35. The van der Waals surface area contributed by atoms with E-state index >= 15 is 0 Å². The first-order valence-electron chi connectivity index (χ1n) is 9.48. The maximum absolute atomic E-state index is 13.2. The Morgan fingerprint density at radius 3 is 2.76 bits per heavy atom. The molecule has 1 atom stereocenters. The number of nitrogens with zero attached hydrogens (tertiary/aromatic N) is 6. The van der Waals surface area contributed by atoms with Gasteiger partial charge in [0.1, 0.15) is 17.7 Å². The Hall–Kier alpha value is -2.72. The second-order valence-corrected chi connectivity index (χ2v) is 7.99. The van der Waals surface area contributed by atoms with Gasteiger partial charge in [-0.05, 0) is 48.6 Å². The fraction of sp³-hybridized carbons (Fsp3) is 0.421. The standard InChI is InChI=1S/C19H19FN6O2S/c1-28-10-14-16-22-23-17(18-21-15(24-29-18)11-2-3-11)26(16)9-8-25(14)19(27)12-4-6-13(20)7-5-12/h4-7,11,14H,2-3,8-10H2,1H3/t14-/m1/s1. The molecule has 0 saturated heterocycles. The van der Waals surface area contributed by atoms with E-state index in [-0.39, 0.29) is 24.4 Å². The molecule has 3 aromatic rings. The highest BCUT2D eigenvalue weighted by Crippen LogP contribution is 2.40. The Morgan fingerprint density at radius 1 is 1.24 bits per heavy atom. The Labute approximate surface area is 170 Å². The predicted molar refractivity (Wildman–Crippen MR) is 103 cm³/mol. The molecular weight excluding hydrogens is 395 g/mol. The maximum Gasteiger partial charge on any atom is 0.254 e. The third-order valence-corrected chi connectivity index (χ3v) is 6.00. The van der Waals surface area contributed by atoms with Crippen LogP contribution in [0.15, 0.2) is 24.3 Å². The van der Waals surface area contributed by atoms with E-state index in [9.17, 15) is 9.18 Å². The molecule has 2 aromatic heterocycles. The van der Waals surface area contributed by atoms with Crippen LogP contribution in [0.25, 0.3) is 10.8 Å². The minimum atomic E-state index is -0.386.